The van der Waals surface area contributed by atoms with Gasteiger partial charge >= 0.3 is 0 Å². The number of pyridine rings is 1. The third kappa shape index (κ3) is 4.05. The Balaban J connectivity index is 1.67. The number of fused-ring (bicyclic) bond motifs is 1. The van der Waals surface area contributed by atoms with E-state index in [1.165, 1.54) is 30.2 Å². The maximum Gasteiger partial charge on any atom is 0.233 e. The maximum absolute atomic E-state index is 12.4. The van der Waals surface area contributed by atoms with E-state index in [1.54, 1.807) is 11.8 Å². The topological polar surface area (TPSA) is 42.0 Å². The van der Waals surface area contributed by atoms with Crippen molar-refractivity contribution in [3.8, 4) is 0 Å². The summed E-state index contributed by atoms with van der Waals surface area (Å²) in [6, 6.07) is 10.6. The molecule has 2 aromatic rings. The lowest BCUT2D eigenvalue weighted by atomic mass is 9.95. The molecule has 1 aromatic heterocycles. The second-order valence-corrected chi connectivity index (χ2v) is 7.76. The molecule has 0 saturated heterocycles. The van der Waals surface area contributed by atoms with E-state index >= 15 is 0 Å². The summed E-state index contributed by atoms with van der Waals surface area (Å²) in [4.78, 5) is 17.1. The highest BCUT2D eigenvalue weighted by Gasteiger charge is 2.20. The largest absolute Gasteiger partial charge is 0.352 e. The van der Waals surface area contributed by atoms with Crippen LogP contribution < -0.4 is 5.32 Å². The van der Waals surface area contributed by atoms with E-state index in [0.717, 1.165) is 23.4 Å². The van der Waals surface area contributed by atoms with E-state index in [1.807, 2.05) is 25.1 Å². The van der Waals surface area contributed by atoms with Crippen LogP contribution in [0.15, 0.2) is 35.4 Å². The maximum atomic E-state index is 12.4. The van der Waals surface area contributed by atoms with Gasteiger partial charge < -0.3 is 5.32 Å². The number of hydrogen-bond donors (Lipinski definition) is 1. The minimum absolute atomic E-state index is 0.120. The number of aryl methyl sites for hydroxylation is 1. The number of thioether (sulfide) groups is 1. The molecule has 23 heavy (non-hydrogen) atoms. The first kappa shape index (κ1) is 16.3. The normalized spacial score (nSPS) is 17.1. The predicted molar refractivity (Wildman–Crippen MR) is 96.8 cm³/mol. The third-order valence-corrected chi connectivity index (χ3v) is 5.54. The van der Waals surface area contributed by atoms with Crippen molar-refractivity contribution in [1.29, 1.82) is 0 Å². The van der Waals surface area contributed by atoms with E-state index in [0.29, 0.717) is 6.04 Å². The van der Waals surface area contributed by atoms with Crippen LogP contribution in [0.2, 0.25) is 0 Å². The SMILES string of the molecule is Cc1cc(SC(C)C(=O)NC2CCCCC2)nc2ccccc12. The Hall–Kier alpha value is -1.55. The molecule has 1 unspecified atom stereocenters. The molecule has 1 aliphatic carbocycles. The zero-order valence-corrected chi connectivity index (χ0v) is 14.7. The molecule has 3 nitrogen and oxygen atoms in total. The molecule has 1 amide bonds. The molecule has 1 heterocycles. The van der Waals surface area contributed by atoms with Gasteiger partial charge in [0, 0.05) is 11.4 Å². The van der Waals surface area contributed by atoms with E-state index in [9.17, 15) is 4.79 Å². The molecule has 3 rings (SSSR count). The van der Waals surface area contributed by atoms with Gasteiger partial charge in [-0.1, -0.05) is 49.2 Å². The fourth-order valence-corrected chi connectivity index (χ4v) is 4.11. The molecule has 122 valence electrons. The minimum Gasteiger partial charge on any atom is -0.352 e. The fraction of sp³-hybridized carbons (Fsp3) is 0.474. The molecule has 0 bridgehead atoms. The van der Waals surface area contributed by atoms with Crippen molar-refractivity contribution in [1.82, 2.24) is 10.3 Å². The Morgan fingerprint density at radius 1 is 1.26 bits per heavy atom. The minimum atomic E-state index is -0.120. The van der Waals surface area contributed by atoms with E-state index in [-0.39, 0.29) is 11.2 Å². The lowest BCUT2D eigenvalue weighted by molar-refractivity contribution is -0.121. The van der Waals surface area contributed by atoms with Crippen molar-refractivity contribution >= 4 is 28.6 Å². The summed E-state index contributed by atoms with van der Waals surface area (Å²) in [7, 11) is 0. The Morgan fingerprint density at radius 2 is 2.00 bits per heavy atom. The molecular formula is C19H24N2OS. The van der Waals surface area contributed by atoms with Gasteiger partial charge in [-0.15, -0.1) is 0 Å². The molecule has 1 aromatic carbocycles. The zero-order chi connectivity index (χ0) is 16.2. The van der Waals surface area contributed by atoms with Crippen molar-refractivity contribution in [3.05, 3.63) is 35.9 Å². The third-order valence-electron chi connectivity index (χ3n) is 4.52. The lowest BCUT2D eigenvalue weighted by Crippen LogP contribution is -2.40. The second kappa shape index (κ2) is 7.35. The first-order valence-corrected chi connectivity index (χ1v) is 9.35. The van der Waals surface area contributed by atoms with Crippen LogP contribution in [-0.4, -0.2) is 22.2 Å². The highest BCUT2D eigenvalue weighted by Crippen LogP contribution is 2.27. The average Bonchev–Trinajstić information content (AvgIpc) is 2.56. The van der Waals surface area contributed by atoms with Gasteiger partial charge in [-0.3, -0.25) is 4.79 Å². The number of carbonyl (C=O) groups is 1. The fourth-order valence-electron chi connectivity index (χ4n) is 3.18. The molecule has 1 saturated carbocycles. The number of aromatic nitrogens is 1. The smallest absolute Gasteiger partial charge is 0.233 e. The number of carbonyl (C=O) groups excluding carboxylic acids is 1. The number of hydrogen-bond acceptors (Lipinski definition) is 3. The Kier molecular flexibility index (Phi) is 5.21. The number of amides is 1. The molecule has 1 N–H and O–H groups in total. The van der Waals surface area contributed by atoms with Gasteiger partial charge in [-0.2, -0.15) is 0 Å². The van der Waals surface area contributed by atoms with Crippen LogP contribution in [-0.2, 0) is 4.79 Å². The van der Waals surface area contributed by atoms with Crippen molar-refractivity contribution in [2.75, 3.05) is 0 Å². The Morgan fingerprint density at radius 3 is 2.78 bits per heavy atom. The van der Waals surface area contributed by atoms with E-state index < -0.39 is 0 Å². The second-order valence-electron chi connectivity index (χ2n) is 6.40. The van der Waals surface area contributed by atoms with Gasteiger partial charge in [0.1, 0.15) is 0 Å². The molecule has 0 spiro atoms. The van der Waals surface area contributed by atoms with Crippen molar-refractivity contribution < 1.29 is 4.79 Å². The first-order chi connectivity index (χ1) is 11.1. The van der Waals surface area contributed by atoms with Crippen molar-refractivity contribution in [2.24, 2.45) is 0 Å². The molecule has 1 fully saturated rings. The summed E-state index contributed by atoms with van der Waals surface area (Å²) in [6.07, 6.45) is 6.01. The van der Waals surface area contributed by atoms with Crippen LogP contribution in [0, 0.1) is 6.92 Å². The van der Waals surface area contributed by atoms with Crippen LogP contribution in [0.4, 0.5) is 0 Å². The molecular weight excluding hydrogens is 304 g/mol. The number of nitrogens with zero attached hydrogens (tertiary/aromatic N) is 1. The molecule has 4 heteroatoms. The summed E-state index contributed by atoms with van der Waals surface area (Å²) in [5, 5.41) is 5.18. The summed E-state index contributed by atoms with van der Waals surface area (Å²) in [6.45, 7) is 4.07. The highest BCUT2D eigenvalue weighted by atomic mass is 32.2. The first-order valence-electron chi connectivity index (χ1n) is 8.47. The molecule has 0 radical (unpaired) electrons. The van der Waals surface area contributed by atoms with Gasteiger partial charge in [-0.25, -0.2) is 4.98 Å². The summed E-state index contributed by atoms with van der Waals surface area (Å²) < 4.78 is 0. The Labute approximate surface area is 142 Å². The van der Waals surface area contributed by atoms with Crippen LogP contribution in [0.3, 0.4) is 0 Å². The molecule has 1 aliphatic rings. The number of rotatable bonds is 4. The summed E-state index contributed by atoms with van der Waals surface area (Å²) in [5.74, 6) is 0.134. The van der Waals surface area contributed by atoms with Gasteiger partial charge in [0.2, 0.25) is 5.91 Å². The average molecular weight is 328 g/mol. The van der Waals surface area contributed by atoms with Crippen LogP contribution >= 0.6 is 11.8 Å². The van der Waals surface area contributed by atoms with Gasteiger partial charge in [0.05, 0.1) is 15.8 Å². The summed E-state index contributed by atoms with van der Waals surface area (Å²) in [5.41, 5.74) is 2.20. The summed E-state index contributed by atoms with van der Waals surface area (Å²) >= 11 is 1.55. The number of nitrogens with one attached hydrogen (secondary N) is 1. The highest BCUT2D eigenvalue weighted by molar-refractivity contribution is 8.00. The van der Waals surface area contributed by atoms with Crippen LogP contribution in [0.25, 0.3) is 10.9 Å². The van der Waals surface area contributed by atoms with E-state index in [4.69, 9.17) is 0 Å². The predicted octanol–water partition coefficient (Wildman–Crippen LogP) is 4.47. The quantitative estimate of drug-likeness (QED) is 0.842. The lowest BCUT2D eigenvalue weighted by Gasteiger charge is -2.24. The zero-order valence-electron chi connectivity index (χ0n) is 13.8. The number of benzene rings is 1. The standard InChI is InChI=1S/C19H24N2OS/c1-13-12-18(21-17-11-7-6-10-16(13)17)23-14(2)19(22)20-15-8-4-3-5-9-15/h6-7,10-12,14-15H,3-5,8-9H2,1-2H3,(H,20,22). The van der Waals surface area contributed by atoms with Gasteiger partial charge in [0.25, 0.3) is 0 Å². The van der Waals surface area contributed by atoms with Crippen LogP contribution in [0.5, 0.6) is 0 Å². The Bertz CT molecular complexity index is 695. The van der Waals surface area contributed by atoms with Gasteiger partial charge in [-0.05, 0) is 44.4 Å². The number of para-hydroxylation sites is 1. The molecule has 1 atom stereocenters. The van der Waals surface area contributed by atoms with Crippen LogP contribution in [0.1, 0.15) is 44.6 Å². The van der Waals surface area contributed by atoms with Gasteiger partial charge in [0.15, 0.2) is 0 Å². The van der Waals surface area contributed by atoms with Crippen molar-refractivity contribution in [3.63, 3.8) is 0 Å². The van der Waals surface area contributed by atoms with Crippen molar-refractivity contribution in [2.45, 2.75) is 62.3 Å². The molecule has 0 aliphatic heterocycles. The van der Waals surface area contributed by atoms with E-state index in [2.05, 4.69) is 29.4 Å². The monoisotopic (exact) mass is 328 g/mol.